The summed E-state index contributed by atoms with van der Waals surface area (Å²) in [5.74, 6) is -3.60. The second-order valence-corrected chi connectivity index (χ2v) is 4.66. The maximum atomic E-state index is 14.0. The summed E-state index contributed by atoms with van der Waals surface area (Å²) < 4.78 is 28.1. The first kappa shape index (κ1) is 16.3. The molecule has 3 nitrogen and oxygen atoms in total. The Morgan fingerprint density at radius 3 is 2.55 bits per heavy atom. The number of hydrogen-bond donors (Lipinski definition) is 1. The summed E-state index contributed by atoms with van der Waals surface area (Å²) >= 11 is 0. The largest absolute Gasteiger partial charge is 0.359 e. The number of amides is 1. The van der Waals surface area contributed by atoms with Crippen LogP contribution in [0.2, 0.25) is 0 Å². The van der Waals surface area contributed by atoms with Crippen molar-refractivity contribution in [2.75, 3.05) is 13.6 Å². The number of carbonyl (C=O) groups is 1. The van der Waals surface area contributed by atoms with E-state index in [1.807, 2.05) is 0 Å². The highest BCUT2D eigenvalue weighted by Gasteiger charge is 2.32. The van der Waals surface area contributed by atoms with Crippen molar-refractivity contribution in [3.8, 4) is 0 Å². The van der Waals surface area contributed by atoms with Gasteiger partial charge in [-0.15, -0.1) is 0 Å². The quantitative estimate of drug-likeness (QED) is 0.732. The van der Waals surface area contributed by atoms with Crippen molar-refractivity contribution in [2.24, 2.45) is 10.9 Å². The van der Waals surface area contributed by atoms with Crippen molar-refractivity contribution in [3.05, 3.63) is 35.9 Å². The Balaban J connectivity index is 2.66. The number of halogens is 2. The lowest BCUT2D eigenvalue weighted by atomic mass is 9.94. The molecule has 0 saturated heterocycles. The summed E-state index contributed by atoms with van der Waals surface area (Å²) in [6.45, 7) is 3.74. The number of benzene rings is 1. The van der Waals surface area contributed by atoms with E-state index in [1.165, 1.54) is 19.2 Å². The van der Waals surface area contributed by atoms with Crippen molar-refractivity contribution in [1.29, 1.82) is 0 Å². The van der Waals surface area contributed by atoms with Gasteiger partial charge in [0.25, 0.3) is 5.92 Å². The van der Waals surface area contributed by atoms with Gasteiger partial charge in [0.2, 0.25) is 5.91 Å². The van der Waals surface area contributed by atoms with Crippen LogP contribution in [0.4, 0.5) is 8.78 Å². The lowest BCUT2D eigenvalue weighted by Crippen LogP contribution is -2.29. The van der Waals surface area contributed by atoms with Gasteiger partial charge in [0, 0.05) is 31.5 Å². The Bertz CT molecular complexity index is 435. The minimum atomic E-state index is -2.92. The highest BCUT2D eigenvalue weighted by atomic mass is 19.3. The zero-order valence-corrected chi connectivity index (χ0v) is 11.6. The molecule has 1 aromatic rings. The van der Waals surface area contributed by atoms with E-state index < -0.39 is 11.8 Å². The predicted molar refractivity (Wildman–Crippen MR) is 76.2 cm³/mol. The molecule has 1 aromatic carbocycles. The van der Waals surface area contributed by atoms with Crippen LogP contribution in [0, 0.1) is 5.92 Å². The van der Waals surface area contributed by atoms with Crippen LogP contribution in [-0.4, -0.2) is 26.2 Å². The monoisotopic (exact) mass is 282 g/mol. The van der Waals surface area contributed by atoms with E-state index in [-0.39, 0.29) is 24.3 Å². The predicted octanol–water partition coefficient (Wildman–Crippen LogP) is 3.01. The number of nitrogens with zero attached hydrogens (tertiary/aromatic N) is 1. The van der Waals surface area contributed by atoms with Crippen molar-refractivity contribution in [1.82, 2.24) is 5.32 Å². The molecule has 0 aliphatic heterocycles. The number of aliphatic imine (C=N–C) groups is 1. The molecule has 1 unspecified atom stereocenters. The summed E-state index contributed by atoms with van der Waals surface area (Å²) in [6.07, 6.45) is 0.206. The van der Waals surface area contributed by atoms with E-state index in [4.69, 9.17) is 0 Å². The minimum Gasteiger partial charge on any atom is -0.359 e. The van der Waals surface area contributed by atoms with Gasteiger partial charge in [0.1, 0.15) is 0 Å². The molecule has 1 rings (SSSR count). The van der Waals surface area contributed by atoms with Gasteiger partial charge in [-0.3, -0.25) is 4.79 Å². The smallest absolute Gasteiger partial charge is 0.273 e. The van der Waals surface area contributed by atoms with E-state index in [0.29, 0.717) is 13.0 Å². The summed E-state index contributed by atoms with van der Waals surface area (Å²) in [4.78, 5) is 15.3. The van der Waals surface area contributed by atoms with Gasteiger partial charge in [-0.2, -0.15) is 0 Å². The van der Waals surface area contributed by atoms with Gasteiger partial charge in [-0.1, -0.05) is 30.3 Å². The summed E-state index contributed by atoms with van der Waals surface area (Å²) in [5.41, 5.74) is -0.0162. The fourth-order valence-corrected chi connectivity index (χ4v) is 2.04. The number of carbonyl (C=O) groups excluding carboxylic acids is 1. The molecule has 0 aliphatic rings. The van der Waals surface area contributed by atoms with Crippen LogP contribution in [0.5, 0.6) is 0 Å². The lowest BCUT2D eigenvalue weighted by Gasteiger charge is -2.20. The maximum Gasteiger partial charge on any atom is 0.273 e. The molecule has 0 aromatic heterocycles. The average Bonchev–Trinajstić information content (AvgIpc) is 2.47. The molecule has 0 spiro atoms. The molecule has 0 fully saturated rings. The summed E-state index contributed by atoms with van der Waals surface area (Å²) in [7, 11) is 1.51. The maximum absolute atomic E-state index is 14.0. The highest BCUT2D eigenvalue weighted by Crippen LogP contribution is 2.34. The Morgan fingerprint density at radius 2 is 2.00 bits per heavy atom. The van der Waals surface area contributed by atoms with Gasteiger partial charge in [0.05, 0.1) is 0 Å². The zero-order valence-electron chi connectivity index (χ0n) is 11.6. The van der Waals surface area contributed by atoms with Crippen molar-refractivity contribution < 1.29 is 13.6 Å². The number of alkyl halides is 2. The van der Waals surface area contributed by atoms with Crippen LogP contribution in [0.1, 0.15) is 24.8 Å². The first-order valence-electron chi connectivity index (χ1n) is 6.58. The third kappa shape index (κ3) is 4.72. The number of hydrogen-bond acceptors (Lipinski definition) is 2. The van der Waals surface area contributed by atoms with Crippen LogP contribution in [0.15, 0.2) is 35.3 Å². The van der Waals surface area contributed by atoms with Crippen LogP contribution in [-0.2, 0) is 10.7 Å². The first-order chi connectivity index (χ1) is 9.51. The van der Waals surface area contributed by atoms with Crippen LogP contribution < -0.4 is 5.32 Å². The van der Waals surface area contributed by atoms with Gasteiger partial charge >= 0.3 is 0 Å². The van der Waals surface area contributed by atoms with Crippen molar-refractivity contribution in [2.45, 2.75) is 25.2 Å². The molecular weight excluding hydrogens is 262 g/mol. The zero-order chi connectivity index (χ0) is 15.0. The highest BCUT2D eigenvalue weighted by molar-refractivity contribution is 5.78. The lowest BCUT2D eigenvalue weighted by molar-refractivity contribution is -0.125. The van der Waals surface area contributed by atoms with E-state index in [1.54, 1.807) is 18.2 Å². The Kier molecular flexibility index (Phi) is 6.28. The molecule has 0 saturated carbocycles. The second kappa shape index (κ2) is 7.72. The third-order valence-corrected chi connectivity index (χ3v) is 3.26. The summed E-state index contributed by atoms with van der Waals surface area (Å²) in [6, 6.07) is 7.67. The molecule has 20 heavy (non-hydrogen) atoms. The van der Waals surface area contributed by atoms with Crippen LogP contribution >= 0.6 is 0 Å². The van der Waals surface area contributed by atoms with Crippen LogP contribution in [0.25, 0.3) is 0 Å². The van der Waals surface area contributed by atoms with Gasteiger partial charge < -0.3 is 10.3 Å². The van der Waals surface area contributed by atoms with E-state index in [9.17, 15) is 13.6 Å². The molecule has 1 amide bonds. The number of nitrogens with one attached hydrogen (secondary N) is 1. The molecule has 0 aliphatic carbocycles. The molecule has 5 heteroatoms. The molecule has 0 heterocycles. The molecule has 1 atom stereocenters. The summed E-state index contributed by atoms with van der Waals surface area (Å²) in [5, 5.41) is 2.50. The molecule has 0 radical (unpaired) electrons. The molecule has 110 valence electrons. The normalized spacial score (nSPS) is 12.8. The second-order valence-electron chi connectivity index (χ2n) is 4.66. The standard InChI is InChI=1S/C15H20F2N2O/c1-18-11-9-12(14(20)19-2)8-10-15(16,17)13-6-4-3-5-7-13/h3-7,12H,1,8-11H2,2H3,(H,19,20). The fraction of sp³-hybridized carbons (Fsp3) is 0.467. The van der Waals surface area contributed by atoms with Crippen molar-refractivity contribution >= 4 is 12.6 Å². The SMILES string of the molecule is C=NCCC(CCC(F)(F)c1ccccc1)C(=O)NC. The van der Waals surface area contributed by atoms with E-state index in [2.05, 4.69) is 17.0 Å². The topological polar surface area (TPSA) is 41.5 Å². The third-order valence-electron chi connectivity index (χ3n) is 3.26. The van der Waals surface area contributed by atoms with Crippen LogP contribution in [0.3, 0.4) is 0 Å². The van der Waals surface area contributed by atoms with Gasteiger partial charge in [-0.05, 0) is 19.6 Å². The average molecular weight is 282 g/mol. The van der Waals surface area contributed by atoms with Crippen molar-refractivity contribution in [3.63, 3.8) is 0 Å². The van der Waals surface area contributed by atoms with E-state index >= 15 is 0 Å². The fourth-order valence-electron chi connectivity index (χ4n) is 2.04. The first-order valence-corrected chi connectivity index (χ1v) is 6.58. The molecular formula is C15H20F2N2O. The molecule has 1 N–H and O–H groups in total. The Hall–Kier alpha value is -1.78. The van der Waals surface area contributed by atoms with Gasteiger partial charge in [0.15, 0.2) is 0 Å². The Labute approximate surface area is 118 Å². The number of rotatable bonds is 8. The van der Waals surface area contributed by atoms with Gasteiger partial charge in [-0.25, -0.2) is 8.78 Å². The molecule has 0 bridgehead atoms. The van der Waals surface area contributed by atoms with E-state index in [0.717, 1.165) is 0 Å². The minimum absolute atomic E-state index is 0.0162. The Morgan fingerprint density at radius 1 is 1.35 bits per heavy atom.